The third-order valence-electron chi connectivity index (χ3n) is 0.0913. The maximum atomic E-state index is 7.64. The summed E-state index contributed by atoms with van der Waals surface area (Å²) in [6.07, 6.45) is 4.53. The summed E-state index contributed by atoms with van der Waals surface area (Å²) in [6.45, 7) is -0.153. The molecule has 1 nitrogen and oxygen atoms in total. The number of hydrogen-bond donors (Lipinski definition) is 1. The first-order valence-corrected chi connectivity index (χ1v) is 0.958. The molecule has 5 heavy (non-hydrogen) atoms. The van der Waals surface area contributed by atoms with Crippen molar-refractivity contribution in [2.24, 2.45) is 0 Å². The molecule has 2 heteroatoms. The van der Waals surface area contributed by atoms with Crippen LogP contribution in [-0.4, -0.2) is 49.5 Å². The van der Waals surface area contributed by atoms with Crippen molar-refractivity contribution in [2.75, 3.05) is 6.61 Å². The van der Waals surface area contributed by atoms with E-state index in [2.05, 4.69) is 6.42 Å². The zero-order valence-corrected chi connectivity index (χ0v) is 2.23. The molecule has 0 fully saturated rings. The minimum atomic E-state index is -0.153. The van der Waals surface area contributed by atoms with Gasteiger partial charge in [-0.2, -0.15) is 0 Å². The van der Waals surface area contributed by atoms with Crippen LogP contribution in [-0.2, 0) is 0 Å². The number of terminal acetylenes is 1. The van der Waals surface area contributed by atoms with E-state index >= 15 is 0 Å². The number of rotatable bonds is 0. The van der Waals surface area contributed by atoms with E-state index in [0.29, 0.717) is 0 Å². The van der Waals surface area contributed by atoms with Gasteiger partial charge in [-0.1, -0.05) is 5.92 Å². The fourth-order valence-electron chi connectivity index (χ4n) is 0. The molecule has 0 spiro atoms. The quantitative estimate of drug-likeness (QED) is 0.295. The molecule has 0 aromatic heterocycles. The standard InChI is InChI=1S/C3H4O.Ca.2H/c1-2-3-4;;;/h1,4H,3H2;;;. The average molecular weight is 98.2 g/mol. The summed E-state index contributed by atoms with van der Waals surface area (Å²) < 4.78 is 0. The Hall–Kier alpha value is 0.780. The van der Waals surface area contributed by atoms with E-state index in [1.54, 1.807) is 0 Å². The van der Waals surface area contributed by atoms with Crippen molar-refractivity contribution in [1.29, 1.82) is 0 Å². The summed E-state index contributed by atoms with van der Waals surface area (Å²) in [4.78, 5) is 0. The summed E-state index contributed by atoms with van der Waals surface area (Å²) in [7, 11) is 0. The van der Waals surface area contributed by atoms with Gasteiger partial charge in [-0.25, -0.2) is 0 Å². The molecule has 0 bridgehead atoms. The van der Waals surface area contributed by atoms with Crippen LogP contribution < -0.4 is 0 Å². The molecular formula is C3H6CaO. The Morgan fingerprint density at radius 3 is 2.00 bits per heavy atom. The second-order valence-corrected chi connectivity index (χ2v) is 0.362. The van der Waals surface area contributed by atoms with E-state index in [1.165, 1.54) is 0 Å². The Balaban J connectivity index is 0. The fraction of sp³-hybridized carbons (Fsp3) is 0.333. The van der Waals surface area contributed by atoms with Crippen molar-refractivity contribution in [3.63, 3.8) is 0 Å². The normalized spacial score (nSPS) is 4.00. The summed E-state index contributed by atoms with van der Waals surface area (Å²) in [6, 6.07) is 0. The summed E-state index contributed by atoms with van der Waals surface area (Å²) in [5.74, 6) is 1.99. The third-order valence-corrected chi connectivity index (χ3v) is 0.0913. The van der Waals surface area contributed by atoms with Crippen molar-refractivity contribution in [2.45, 2.75) is 0 Å². The number of aliphatic hydroxyl groups excluding tert-OH is 1. The first-order chi connectivity index (χ1) is 1.91. The number of aliphatic hydroxyl groups is 1. The second-order valence-electron chi connectivity index (χ2n) is 0.362. The van der Waals surface area contributed by atoms with Crippen LogP contribution in [0.25, 0.3) is 0 Å². The summed E-state index contributed by atoms with van der Waals surface area (Å²) >= 11 is 0. The Labute approximate surface area is 61.4 Å². The van der Waals surface area contributed by atoms with E-state index < -0.39 is 0 Å². The van der Waals surface area contributed by atoms with Gasteiger partial charge < -0.3 is 5.11 Å². The van der Waals surface area contributed by atoms with Gasteiger partial charge in [0.05, 0.1) is 0 Å². The van der Waals surface area contributed by atoms with E-state index in [4.69, 9.17) is 5.11 Å². The van der Waals surface area contributed by atoms with Crippen LogP contribution in [0.5, 0.6) is 0 Å². The van der Waals surface area contributed by atoms with E-state index in [0.717, 1.165) is 0 Å². The second kappa shape index (κ2) is 8.84. The molecule has 0 aliphatic heterocycles. The first kappa shape index (κ1) is 9.24. The van der Waals surface area contributed by atoms with Gasteiger partial charge in [0.25, 0.3) is 0 Å². The molecule has 1 N–H and O–H groups in total. The molecule has 0 saturated carbocycles. The van der Waals surface area contributed by atoms with Gasteiger partial charge >= 0.3 is 37.7 Å². The predicted octanol–water partition coefficient (Wildman–Crippen LogP) is -1.30. The van der Waals surface area contributed by atoms with E-state index in [1.807, 2.05) is 5.92 Å². The van der Waals surface area contributed by atoms with Gasteiger partial charge in [-0.05, 0) is 0 Å². The van der Waals surface area contributed by atoms with Crippen LogP contribution >= 0.6 is 0 Å². The fourth-order valence-corrected chi connectivity index (χ4v) is 0. The Kier molecular flexibility index (Phi) is 16.3. The van der Waals surface area contributed by atoms with Crippen molar-refractivity contribution in [3.8, 4) is 12.3 Å². The van der Waals surface area contributed by atoms with Crippen LogP contribution in [0.15, 0.2) is 0 Å². The van der Waals surface area contributed by atoms with Gasteiger partial charge in [-0.3, -0.25) is 0 Å². The molecule has 0 unspecified atom stereocenters. The Morgan fingerprint density at radius 2 is 2.00 bits per heavy atom. The maximum absolute atomic E-state index is 7.64. The predicted molar refractivity (Wildman–Crippen MR) is 24.5 cm³/mol. The van der Waals surface area contributed by atoms with Crippen LogP contribution in [0.4, 0.5) is 0 Å². The molecule has 0 aromatic rings. The van der Waals surface area contributed by atoms with Gasteiger partial charge in [-0.15, -0.1) is 6.42 Å². The van der Waals surface area contributed by atoms with Gasteiger partial charge in [0.2, 0.25) is 0 Å². The molecule has 0 rings (SSSR count). The van der Waals surface area contributed by atoms with Crippen molar-refractivity contribution in [3.05, 3.63) is 0 Å². The first-order valence-electron chi connectivity index (χ1n) is 0.958. The molecule has 0 amide bonds. The molecule has 0 saturated heterocycles. The molecule has 0 aromatic carbocycles. The zero-order chi connectivity index (χ0) is 3.41. The Bertz CT molecular complexity index is 36.6. The Morgan fingerprint density at radius 1 is 1.80 bits per heavy atom. The monoisotopic (exact) mass is 98.0 g/mol. The van der Waals surface area contributed by atoms with Crippen LogP contribution in [0.2, 0.25) is 0 Å². The molecular weight excluding hydrogens is 92.1 g/mol. The zero-order valence-electron chi connectivity index (χ0n) is 2.23. The van der Waals surface area contributed by atoms with Crippen LogP contribution in [0.3, 0.4) is 0 Å². The van der Waals surface area contributed by atoms with Crippen molar-refractivity contribution in [1.82, 2.24) is 0 Å². The van der Waals surface area contributed by atoms with E-state index in [-0.39, 0.29) is 44.3 Å². The minimum absolute atomic E-state index is 0. The van der Waals surface area contributed by atoms with Gasteiger partial charge in [0, 0.05) is 0 Å². The molecule has 0 aliphatic rings. The summed E-state index contributed by atoms with van der Waals surface area (Å²) in [5, 5.41) is 7.64. The molecule has 0 atom stereocenters. The van der Waals surface area contributed by atoms with E-state index in [9.17, 15) is 0 Å². The van der Waals surface area contributed by atoms with Crippen LogP contribution in [0, 0.1) is 12.3 Å². The SMILES string of the molecule is C#CCO.[CaH2]. The van der Waals surface area contributed by atoms with Crippen molar-refractivity contribution >= 4 is 37.7 Å². The van der Waals surface area contributed by atoms with Gasteiger partial charge in [0.15, 0.2) is 0 Å². The molecule has 0 radical (unpaired) electrons. The van der Waals surface area contributed by atoms with Crippen molar-refractivity contribution < 1.29 is 5.11 Å². The average Bonchev–Trinajstić information content (AvgIpc) is 1.37. The van der Waals surface area contributed by atoms with Gasteiger partial charge in [0.1, 0.15) is 6.61 Å². The summed E-state index contributed by atoms with van der Waals surface area (Å²) in [5.41, 5.74) is 0. The van der Waals surface area contributed by atoms with Crippen LogP contribution in [0.1, 0.15) is 0 Å². The third kappa shape index (κ3) is 11.7. The number of hydrogen-bond acceptors (Lipinski definition) is 1. The topological polar surface area (TPSA) is 20.2 Å². The molecule has 26 valence electrons. The molecule has 0 heterocycles. The molecule has 0 aliphatic carbocycles.